The molecular formula is C11H18N4O2S. The van der Waals surface area contributed by atoms with E-state index in [9.17, 15) is 4.79 Å². The molecule has 1 aliphatic rings. The highest BCUT2D eigenvalue weighted by atomic mass is 32.2. The Bertz CT molecular complexity index is 432. The summed E-state index contributed by atoms with van der Waals surface area (Å²) in [5.74, 6) is -0.856. The van der Waals surface area contributed by atoms with Crippen molar-refractivity contribution in [2.75, 3.05) is 5.75 Å². The van der Waals surface area contributed by atoms with Gasteiger partial charge < -0.3 is 5.11 Å². The van der Waals surface area contributed by atoms with E-state index in [0.717, 1.165) is 12.8 Å². The van der Waals surface area contributed by atoms with E-state index in [1.165, 1.54) is 24.6 Å². The molecule has 1 N–H and O–H groups in total. The molecule has 1 aromatic heterocycles. The maximum Gasteiger partial charge on any atom is 0.313 e. The van der Waals surface area contributed by atoms with Gasteiger partial charge in [0.25, 0.3) is 0 Å². The highest BCUT2D eigenvalue weighted by molar-refractivity contribution is 7.99. The van der Waals surface area contributed by atoms with E-state index in [2.05, 4.69) is 29.4 Å². The van der Waals surface area contributed by atoms with E-state index in [4.69, 9.17) is 5.11 Å². The van der Waals surface area contributed by atoms with Crippen molar-refractivity contribution in [2.45, 2.75) is 50.7 Å². The van der Waals surface area contributed by atoms with Gasteiger partial charge >= 0.3 is 5.97 Å². The number of carbonyl (C=O) groups is 1. The molecule has 1 heterocycles. The van der Waals surface area contributed by atoms with Crippen LogP contribution < -0.4 is 0 Å². The van der Waals surface area contributed by atoms with Gasteiger partial charge in [-0.1, -0.05) is 38.5 Å². The molecule has 1 aromatic rings. The highest BCUT2D eigenvalue weighted by Gasteiger charge is 2.35. The standard InChI is InChI=1S/C11H18N4O2S/c1-11(2)6-4-3-5-8(11)15-10(12-13-14-15)18-7-9(16)17/h8H,3-7H2,1-2H3,(H,16,17). The topological polar surface area (TPSA) is 80.9 Å². The molecule has 1 fully saturated rings. The molecule has 0 amide bonds. The SMILES string of the molecule is CC1(C)CCCCC1n1nnnc1SCC(=O)O. The number of thioether (sulfide) groups is 1. The number of aliphatic carboxylic acids is 1. The molecule has 0 spiro atoms. The monoisotopic (exact) mass is 270 g/mol. The Balaban J connectivity index is 2.17. The number of carboxylic acids is 1. The van der Waals surface area contributed by atoms with Crippen LogP contribution in [0.2, 0.25) is 0 Å². The number of rotatable bonds is 4. The molecule has 0 radical (unpaired) electrons. The summed E-state index contributed by atoms with van der Waals surface area (Å²) in [7, 11) is 0. The first-order valence-corrected chi connectivity index (χ1v) is 7.12. The summed E-state index contributed by atoms with van der Waals surface area (Å²) in [6, 6.07) is 0.262. The van der Waals surface area contributed by atoms with Gasteiger partial charge in [0.05, 0.1) is 11.8 Å². The summed E-state index contributed by atoms with van der Waals surface area (Å²) < 4.78 is 1.81. The van der Waals surface area contributed by atoms with E-state index in [-0.39, 0.29) is 17.2 Å². The van der Waals surface area contributed by atoms with Crippen molar-refractivity contribution in [1.29, 1.82) is 0 Å². The molecular weight excluding hydrogens is 252 g/mol. The Morgan fingerprint density at radius 3 is 3.00 bits per heavy atom. The number of carboxylic acid groups (broad SMARTS) is 1. The molecule has 1 unspecified atom stereocenters. The van der Waals surface area contributed by atoms with Crippen LogP contribution in [0.25, 0.3) is 0 Å². The molecule has 100 valence electrons. The second kappa shape index (κ2) is 5.26. The fourth-order valence-electron chi connectivity index (χ4n) is 2.53. The summed E-state index contributed by atoms with van der Waals surface area (Å²) >= 11 is 1.18. The average molecular weight is 270 g/mol. The minimum absolute atomic E-state index is 0.00643. The van der Waals surface area contributed by atoms with Gasteiger partial charge in [0.2, 0.25) is 5.16 Å². The van der Waals surface area contributed by atoms with E-state index < -0.39 is 5.97 Å². The Morgan fingerprint density at radius 2 is 2.33 bits per heavy atom. The van der Waals surface area contributed by atoms with Crippen LogP contribution in [0.15, 0.2) is 5.16 Å². The van der Waals surface area contributed by atoms with E-state index in [1.807, 2.05) is 4.68 Å². The molecule has 7 heteroatoms. The molecule has 0 aliphatic heterocycles. The zero-order valence-corrected chi connectivity index (χ0v) is 11.5. The summed E-state index contributed by atoms with van der Waals surface area (Å²) in [6.45, 7) is 4.45. The minimum Gasteiger partial charge on any atom is -0.481 e. The van der Waals surface area contributed by atoms with E-state index in [1.54, 1.807) is 0 Å². The Morgan fingerprint density at radius 1 is 1.56 bits per heavy atom. The number of nitrogens with zero attached hydrogens (tertiary/aromatic N) is 4. The van der Waals surface area contributed by atoms with Crippen LogP contribution in [0, 0.1) is 5.41 Å². The van der Waals surface area contributed by atoms with Gasteiger partial charge in [-0.05, 0) is 28.7 Å². The summed E-state index contributed by atoms with van der Waals surface area (Å²) in [5, 5.41) is 21.0. The third-order valence-electron chi connectivity index (χ3n) is 3.53. The summed E-state index contributed by atoms with van der Waals surface area (Å²) in [4.78, 5) is 10.6. The Labute approximate surface area is 110 Å². The first-order valence-electron chi connectivity index (χ1n) is 6.13. The molecule has 1 saturated carbocycles. The predicted molar refractivity (Wildman–Crippen MR) is 67.5 cm³/mol. The maximum atomic E-state index is 10.6. The molecule has 1 atom stereocenters. The average Bonchev–Trinajstić information content (AvgIpc) is 2.73. The lowest BCUT2D eigenvalue weighted by Gasteiger charge is -2.38. The number of aromatic nitrogens is 4. The van der Waals surface area contributed by atoms with Crippen LogP contribution in [-0.2, 0) is 4.79 Å². The third-order valence-corrected chi connectivity index (χ3v) is 4.45. The number of hydrogen-bond acceptors (Lipinski definition) is 5. The second-order valence-corrected chi connectivity index (χ2v) is 6.28. The number of hydrogen-bond donors (Lipinski definition) is 1. The second-order valence-electron chi connectivity index (χ2n) is 5.34. The molecule has 6 nitrogen and oxygen atoms in total. The Hall–Kier alpha value is -1.11. The van der Waals surface area contributed by atoms with Crippen molar-refractivity contribution in [3.05, 3.63) is 0 Å². The normalized spacial score (nSPS) is 22.9. The van der Waals surface area contributed by atoms with Crippen LogP contribution in [0.5, 0.6) is 0 Å². The van der Waals surface area contributed by atoms with Gasteiger partial charge in [0.1, 0.15) is 0 Å². The van der Waals surface area contributed by atoms with E-state index in [0.29, 0.717) is 5.16 Å². The lowest BCUT2D eigenvalue weighted by atomic mass is 9.73. The van der Waals surface area contributed by atoms with Crippen molar-refractivity contribution in [1.82, 2.24) is 20.2 Å². The van der Waals surface area contributed by atoms with Crippen LogP contribution in [-0.4, -0.2) is 37.0 Å². The summed E-state index contributed by atoms with van der Waals surface area (Å²) in [6.07, 6.45) is 4.62. The van der Waals surface area contributed by atoms with Crippen molar-refractivity contribution < 1.29 is 9.90 Å². The third kappa shape index (κ3) is 2.82. The van der Waals surface area contributed by atoms with E-state index >= 15 is 0 Å². The van der Waals surface area contributed by atoms with Crippen LogP contribution in [0.4, 0.5) is 0 Å². The zero-order chi connectivity index (χ0) is 13.2. The Kier molecular flexibility index (Phi) is 3.89. The molecule has 0 bridgehead atoms. The van der Waals surface area contributed by atoms with Crippen molar-refractivity contribution >= 4 is 17.7 Å². The molecule has 18 heavy (non-hydrogen) atoms. The predicted octanol–water partition coefficient (Wildman–Crippen LogP) is 1.99. The van der Waals surface area contributed by atoms with Crippen molar-refractivity contribution in [3.63, 3.8) is 0 Å². The van der Waals surface area contributed by atoms with Crippen LogP contribution >= 0.6 is 11.8 Å². The quantitative estimate of drug-likeness (QED) is 0.843. The van der Waals surface area contributed by atoms with Gasteiger partial charge in [-0.25, -0.2) is 4.68 Å². The van der Waals surface area contributed by atoms with Gasteiger partial charge in [-0.2, -0.15) is 0 Å². The lowest BCUT2D eigenvalue weighted by Crippen LogP contribution is -2.31. The molecule has 0 aromatic carbocycles. The van der Waals surface area contributed by atoms with Crippen molar-refractivity contribution in [2.24, 2.45) is 5.41 Å². The van der Waals surface area contributed by atoms with Crippen LogP contribution in [0.3, 0.4) is 0 Å². The van der Waals surface area contributed by atoms with Crippen molar-refractivity contribution in [3.8, 4) is 0 Å². The molecule has 2 rings (SSSR count). The van der Waals surface area contributed by atoms with Gasteiger partial charge in [0.15, 0.2) is 0 Å². The zero-order valence-electron chi connectivity index (χ0n) is 10.7. The fourth-order valence-corrected chi connectivity index (χ4v) is 3.17. The van der Waals surface area contributed by atoms with Gasteiger partial charge in [-0.15, -0.1) is 5.10 Å². The van der Waals surface area contributed by atoms with Gasteiger partial charge in [-0.3, -0.25) is 4.79 Å². The summed E-state index contributed by atoms with van der Waals surface area (Å²) in [5.41, 5.74) is 0.159. The lowest BCUT2D eigenvalue weighted by molar-refractivity contribution is -0.133. The molecule has 1 aliphatic carbocycles. The first-order chi connectivity index (χ1) is 8.50. The minimum atomic E-state index is -0.850. The van der Waals surface area contributed by atoms with Crippen LogP contribution in [0.1, 0.15) is 45.6 Å². The highest BCUT2D eigenvalue weighted by Crippen LogP contribution is 2.44. The van der Waals surface area contributed by atoms with Gasteiger partial charge in [0, 0.05) is 0 Å². The fraction of sp³-hybridized carbons (Fsp3) is 0.818. The largest absolute Gasteiger partial charge is 0.481 e. The first kappa shape index (κ1) is 13.3. The smallest absolute Gasteiger partial charge is 0.313 e. The molecule has 0 saturated heterocycles. The maximum absolute atomic E-state index is 10.6. The number of tetrazole rings is 1.